The van der Waals surface area contributed by atoms with Gasteiger partial charge in [0.25, 0.3) is 5.91 Å². The molecule has 1 aliphatic rings. The normalized spacial score (nSPS) is 20.5. The van der Waals surface area contributed by atoms with Gasteiger partial charge >= 0.3 is 0 Å². The van der Waals surface area contributed by atoms with E-state index in [1.165, 1.54) is 22.7 Å². The smallest absolute Gasteiger partial charge is 0.267 e. The lowest BCUT2D eigenvalue weighted by atomic mass is 9.95. The minimum atomic E-state index is -0.168. The third kappa shape index (κ3) is 4.40. The number of hydrogen-bond donors (Lipinski definition) is 3. The van der Waals surface area contributed by atoms with Crippen molar-refractivity contribution in [2.45, 2.75) is 25.8 Å². The standard InChI is InChI=1S/C16H20N4O2S2/c1-10-8-17-5-4-12(10)19-14(21)7-11-9-24-16(18-11)20-15(22)13-3-2-6-23-13/h2-3,6,9-10,12,17H,4-5,7-8H2,1H3,(H,19,21)(H,18,20,22). The zero-order chi connectivity index (χ0) is 16.9. The van der Waals surface area contributed by atoms with Crippen LogP contribution in [-0.2, 0) is 11.2 Å². The molecule has 6 nitrogen and oxygen atoms in total. The third-order valence-electron chi connectivity index (χ3n) is 3.99. The summed E-state index contributed by atoms with van der Waals surface area (Å²) in [5.41, 5.74) is 0.681. The van der Waals surface area contributed by atoms with Crippen LogP contribution < -0.4 is 16.0 Å². The molecule has 3 N–H and O–H groups in total. The number of rotatable bonds is 5. The number of anilines is 1. The number of hydrogen-bond acceptors (Lipinski definition) is 6. The van der Waals surface area contributed by atoms with Crippen molar-refractivity contribution < 1.29 is 9.59 Å². The van der Waals surface area contributed by atoms with Gasteiger partial charge in [-0.1, -0.05) is 13.0 Å². The topological polar surface area (TPSA) is 83.1 Å². The van der Waals surface area contributed by atoms with Crippen molar-refractivity contribution in [3.05, 3.63) is 33.5 Å². The van der Waals surface area contributed by atoms with Gasteiger partial charge in [-0.25, -0.2) is 4.98 Å². The maximum Gasteiger partial charge on any atom is 0.267 e. The van der Waals surface area contributed by atoms with Crippen molar-refractivity contribution in [1.29, 1.82) is 0 Å². The van der Waals surface area contributed by atoms with E-state index in [4.69, 9.17) is 0 Å². The highest BCUT2D eigenvalue weighted by Crippen LogP contribution is 2.18. The molecule has 1 aliphatic heterocycles. The van der Waals surface area contributed by atoms with Crippen LogP contribution in [0.25, 0.3) is 0 Å². The average molecular weight is 364 g/mol. The minimum absolute atomic E-state index is 0.0183. The summed E-state index contributed by atoms with van der Waals surface area (Å²) in [7, 11) is 0. The molecule has 2 unspecified atom stereocenters. The Hall–Kier alpha value is -1.77. The van der Waals surface area contributed by atoms with Crippen LogP contribution in [0.4, 0.5) is 5.13 Å². The average Bonchev–Trinajstić information content (AvgIpc) is 3.21. The lowest BCUT2D eigenvalue weighted by Crippen LogP contribution is -2.48. The van der Waals surface area contributed by atoms with Crippen molar-refractivity contribution in [2.24, 2.45) is 5.92 Å². The first-order valence-electron chi connectivity index (χ1n) is 7.91. The summed E-state index contributed by atoms with van der Waals surface area (Å²) in [4.78, 5) is 29.2. The summed E-state index contributed by atoms with van der Waals surface area (Å²) >= 11 is 2.72. The molecule has 3 heterocycles. The fraction of sp³-hybridized carbons (Fsp3) is 0.438. The first-order chi connectivity index (χ1) is 11.6. The fourth-order valence-electron chi connectivity index (χ4n) is 2.66. The van der Waals surface area contributed by atoms with Crippen molar-refractivity contribution in [3.8, 4) is 0 Å². The number of nitrogens with zero attached hydrogens (tertiary/aromatic N) is 1. The molecule has 2 aromatic rings. The molecule has 0 aliphatic carbocycles. The lowest BCUT2D eigenvalue weighted by Gasteiger charge is -2.30. The van der Waals surface area contributed by atoms with Gasteiger partial charge in [0.15, 0.2) is 5.13 Å². The molecule has 0 bridgehead atoms. The second-order valence-electron chi connectivity index (χ2n) is 5.90. The van der Waals surface area contributed by atoms with Crippen molar-refractivity contribution in [3.63, 3.8) is 0 Å². The van der Waals surface area contributed by atoms with Gasteiger partial charge in [0.05, 0.1) is 17.0 Å². The Labute approximate surface area is 148 Å². The Morgan fingerprint density at radius 1 is 1.42 bits per heavy atom. The lowest BCUT2D eigenvalue weighted by molar-refractivity contribution is -0.121. The van der Waals surface area contributed by atoms with Crippen LogP contribution in [0.3, 0.4) is 0 Å². The zero-order valence-electron chi connectivity index (χ0n) is 13.4. The second kappa shape index (κ2) is 7.87. The maximum absolute atomic E-state index is 12.2. The van der Waals surface area contributed by atoms with Crippen molar-refractivity contribution >= 4 is 39.6 Å². The van der Waals surface area contributed by atoms with Gasteiger partial charge in [0.2, 0.25) is 5.91 Å². The van der Waals surface area contributed by atoms with Gasteiger partial charge in [-0.2, -0.15) is 0 Å². The monoisotopic (exact) mass is 364 g/mol. The highest BCUT2D eigenvalue weighted by Gasteiger charge is 2.22. The molecule has 24 heavy (non-hydrogen) atoms. The summed E-state index contributed by atoms with van der Waals surface area (Å²) in [5, 5.41) is 13.4. The molecule has 2 atom stereocenters. The van der Waals surface area contributed by atoms with Crippen molar-refractivity contribution in [1.82, 2.24) is 15.6 Å². The van der Waals surface area contributed by atoms with Gasteiger partial charge in [-0.05, 0) is 36.9 Å². The Bertz CT molecular complexity index is 699. The van der Waals surface area contributed by atoms with E-state index in [-0.39, 0.29) is 24.3 Å². The molecule has 0 radical (unpaired) electrons. The van der Waals surface area contributed by atoms with E-state index in [9.17, 15) is 9.59 Å². The van der Waals surface area contributed by atoms with E-state index in [1.54, 1.807) is 6.07 Å². The molecular weight excluding hydrogens is 344 g/mol. The molecule has 2 aromatic heterocycles. The van der Waals surface area contributed by atoms with E-state index in [0.717, 1.165) is 19.5 Å². The molecule has 2 amide bonds. The minimum Gasteiger partial charge on any atom is -0.353 e. The van der Waals surface area contributed by atoms with E-state index in [2.05, 4.69) is 27.9 Å². The quantitative estimate of drug-likeness (QED) is 0.759. The molecule has 3 rings (SSSR count). The third-order valence-corrected chi connectivity index (χ3v) is 5.67. The number of piperidine rings is 1. The number of thiophene rings is 1. The maximum atomic E-state index is 12.2. The van der Waals surface area contributed by atoms with E-state index in [1.807, 2.05) is 16.8 Å². The largest absolute Gasteiger partial charge is 0.353 e. The number of thiazole rings is 1. The van der Waals surface area contributed by atoms with Crippen LogP contribution in [0, 0.1) is 5.92 Å². The van der Waals surface area contributed by atoms with Gasteiger partial charge in [0.1, 0.15) is 0 Å². The molecule has 8 heteroatoms. The molecule has 0 aromatic carbocycles. The summed E-state index contributed by atoms with van der Waals surface area (Å²) in [5.74, 6) is 0.243. The van der Waals surface area contributed by atoms with E-state index in [0.29, 0.717) is 21.6 Å². The zero-order valence-corrected chi connectivity index (χ0v) is 15.0. The predicted octanol–water partition coefficient (Wildman–Crippen LogP) is 2.11. The number of nitrogens with one attached hydrogen (secondary N) is 3. The predicted molar refractivity (Wildman–Crippen MR) is 96.7 cm³/mol. The summed E-state index contributed by atoms with van der Waals surface area (Å²) < 4.78 is 0. The molecule has 0 saturated carbocycles. The molecular formula is C16H20N4O2S2. The number of carbonyl (C=O) groups excluding carboxylic acids is 2. The van der Waals surface area contributed by atoms with Crippen LogP contribution in [0.5, 0.6) is 0 Å². The SMILES string of the molecule is CC1CNCCC1NC(=O)Cc1csc(NC(=O)c2cccs2)n1. The summed E-state index contributed by atoms with van der Waals surface area (Å²) in [6.07, 6.45) is 1.19. The Morgan fingerprint density at radius 3 is 3.04 bits per heavy atom. The van der Waals surface area contributed by atoms with Crippen LogP contribution >= 0.6 is 22.7 Å². The first kappa shape index (κ1) is 17.1. The van der Waals surface area contributed by atoms with Crippen LogP contribution in [0.2, 0.25) is 0 Å². The van der Waals surface area contributed by atoms with E-state index >= 15 is 0 Å². The van der Waals surface area contributed by atoms with Crippen LogP contribution in [-0.4, -0.2) is 35.9 Å². The second-order valence-corrected chi connectivity index (χ2v) is 7.70. The highest BCUT2D eigenvalue weighted by molar-refractivity contribution is 7.14. The molecule has 0 spiro atoms. The van der Waals surface area contributed by atoms with Gasteiger partial charge in [-0.15, -0.1) is 22.7 Å². The molecule has 1 saturated heterocycles. The van der Waals surface area contributed by atoms with Gasteiger partial charge in [0, 0.05) is 11.4 Å². The van der Waals surface area contributed by atoms with Crippen LogP contribution in [0.15, 0.2) is 22.9 Å². The first-order valence-corrected chi connectivity index (χ1v) is 9.67. The Kier molecular flexibility index (Phi) is 5.60. The van der Waals surface area contributed by atoms with Gasteiger partial charge in [-0.3, -0.25) is 14.9 Å². The highest BCUT2D eigenvalue weighted by atomic mass is 32.1. The summed E-state index contributed by atoms with van der Waals surface area (Å²) in [6.45, 7) is 4.00. The molecule has 128 valence electrons. The summed E-state index contributed by atoms with van der Waals surface area (Å²) in [6, 6.07) is 3.82. The number of amides is 2. The van der Waals surface area contributed by atoms with E-state index < -0.39 is 0 Å². The molecule has 1 fully saturated rings. The Morgan fingerprint density at radius 2 is 2.29 bits per heavy atom. The van der Waals surface area contributed by atoms with Gasteiger partial charge < -0.3 is 10.6 Å². The van der Waals surface area contributed by atoms with Crippen LogP contribution in [0.1, 0.15) is 28.7 Å². The van der Waals surface area contributed by atoms with Crippen molar-refractivity contribution in [2.75, 3.05) is 18.4 Å². The fourth-order valence-corrected chi connectivity index (χ4v) is 3.99. The number of carbonyl (C=O) groups is 2. The number of aromatic nitrogens is 1. The Balaban J connectivity index is 1.52.